The molecule has 1 atom stereocenters. The first kappa shape index (κ1) is 24.1. The van der Waals surface area contributed by atoms with Crippen molar-refractivity contribution in [1.29, 1.82) is 0 Å². The van der Waals surface area contributed by atoms with Crippen LogP contribution in [-0.2, 0) is 16.6 Å². The number of likely N-dealkylation sites (tertiary alicyclic amines) is 1. The van der Waals surface area contributed by atoms with Gasteiger partial charge in [-0.15, -0.1) is 24.0 Å². The molecule has 9 heteroatoms. The number of halogens is 1. The van der Waals surface area contributed by atoms with Gasteiger partial charge in [-0.25, -0.2) is 13.1 Å². The highest BCUT2D eigenvalue weighted by atomic mass is 127. The second kappa shape index (κ2) is 12.5. The maximum absolute atomic E-state index is 12.1. The minimum absolute atomic E-state index is 0. The molecular weight excluding hydrogens is 477 g/mol. The van der Waals surface area contributed by atoms with E-state index in [1.807, 2.05) is 30.3 Å². The minimum atomic E-state index is -3.33. The number of hydrogen-bond donors (Lipinski definition) is 3. The third-order valence-electron chi connectivity index (χ3n) is 4.64. The van der Waals surface area contributed by atoms with Gasteiger partial charge in [-0.1, -0.05) is 37.3 Å². The molecule has 1 aromatic rings. The van der Waals surface area contributed by atoms with Gasteiger partial charge in [-0.05, 0) is 31.5 Å². The molecule has 0 spiro atoms. The highest BCUT2D eigenvalue weighted by Crippen LogP contribution is 2.15. The van der Waals surface area contributed by atoms with Crippen LogP contribution in [0.25, 0.3) is 0 Å². The molecule has 0 aliphatic carbocycles. The average molecular weight is 509 g/mol. The van der Waals surface area contributed by atoms with E-state index in [1.54, 1.807) is 7.05 Å². The van der Waals surface area contributed by atoms with Crippen molar-refractivity contribution in [2.24, 2.45) is 4.99 Å². The smallest absolute Gasteiger partial charge is 0.213 e. The van der Waals surface area contributed by atoms with E-state index in [2.05, 4.69) is 32.2 Å². The molecule has 1 fully saturated rings. The standard InChI is InChI=1S/C18H31N5O2S.HI/c1-3-23-12-7-10-17(23)15-21-18(19-2)20-11-13-26(24,25)22-14-16-8-5-4-6-9-16;/h4-6,8-9,17,22H,3,7,10-15H2,1-2H3,(H2,19,20,21);1H. The zero-order valence-corrected chi connectivity index (χ0v) is 19.3. The molecule has 2 rings (SSSR count). The van der Waals surface area contributed by atoms with E-state index in [0.717, 1.165) is 25.2 Å². The SMILES string of the molecule is CCN1CCCC1CNC(=NC)NCCS(=O)(=O)NCc1ccccc1.I. The number of nitrogens with one attached hydrogen (secondary N) is 3. The molecule has 3 N–H and O–H groups in total. The van der Waals surface area contributed by atoms with E-state index in [-0.39, 0.29) is 29.7 Å². The van der Waals surface area contributed by atoms with E-state index in [0.29, 0.717) is 25.1 Å². The predicted molar refractivity (Wildman–Crippen MR) is 122 cm³/mol. The lowest BCUT2D eigenvalue weighted by atomic mass is 10.2. The first-order valence-electron chi connectivity index (χ1n) is 9.24. The molecule has 0 amide bonds. The Kier molecular flexibility index (Phi) is 11.2. The molecule has 1 aliphatic heterocycles. The molecule has 0 bridgehead atoms. The van der Waals surface area contributed by atoms with Crippen molar-refractivity contribution in [2.75, 3.05) is 39.0 Å². The van der Waals surface area contributed by atoms with Crippen LogP contribution in [0.1, 0.15) is 25.3 Å². The molecule has 0 aromatic heterocycles. The molecular formula is C18H32IN5O2S. The summed E-state index contributed by atoms with van der Waals surface area (Å²) in [7, 11) is -1.63. The van der Waals surface area contributed by atoms with Crippen molar-refractivity contribution in [1.82, 2.24) is 20.3 Å². The van der Waals surface area contributed by atoms with Crippen LogP contribution in [0.15, 0.2) is 35.3 Å². The average Bonchev–Trinajstić information content (AvgIpc) is 3.11. The summed E-state index contributed by atoms with van der Waals surface area (Å²) in [5, 5.41) is 6.38. The molecule has 1 aromatic carbocycles. The van der Waals surface area contributed by atoms with Gasteiger partial charge in [-0.2, -0.15) is 0 Å². The molecule has 1 saturated heterocycles. The second-order valence-corrected chi connectivity index (χ2v) is 8.36. The zero-order chi connectivity index (χ0) is 18.8. The highest BCUT2D eigenvalue weighted by molar-refractivity contribution is 14.0. The molecule has 1 unspecified atom stereocenters. The van der Waals surface area contributed by atoms with Crippen molar-refractivity contribution in [2.45, 2.75) is 32.4 Å². The Morgan fingerprint density at radius 2 is 2.00 bits per heavy atom. The lowest BCUT2D eigenvalue weighted by molar-refractivity contribution is 0.267. The number of hydrogen-bond acceptors (Lipinski definition) is 4. The fraction of sp³-hybridized carbons (Fsp3) is 0.611. The number of guanidine groups is 1. The van der Waals surface area contributed by atoms with Crippen LogP contribution < -0.4 is 15.4 Å². The molecule has 0 saturated carbocycles. The fourth-order valence-corrected chi connectivity index (χ4v) is 4.04. The van der Waals surface area contributed by atoms with Crippen molar-refractivity contribution in [3.63, 3.8) is 0 Å². The first-order valence-corrected chi connectivity index (χ1v) is 10.9. The summed E-state index contributed by atoms with van der Waals surface area (Å²) in [4.78, 5) is 6.63. The van der Waals surface area contributed by atoms with Crippen LogP contribution >= 0.6 is 24.0 Å². The highest BCUT2D eigenvalue weighted by Gasteiger charge is 2.22. The van der Waals surface area contributed by atoms with Crippen LogP contribution in [0, 0.1) is 0 Å². The van der Waals surface area contributed by atoms with Gasteiger partial charge in [-0.3, -0.25) is 9.89 Å². The number of nitrogens with zero attached hydrogens (tertiary/aromatic N) is 2. The van der Waals surface area contributed by atoms with Crippen molar-refractivity contribution in [3.05, 3.63) is 35.9 Å². The summed E-state index contributed by atoms with van der Waals surface area (Å²) >= 11 is 0. The number of rotatable bonds is 9. The molecule has 154 valence electrons. The molecule has 27 heavy (non-hydrogen) atoms. The Hall–Kier alpha value is -0.910. The number of likely N-dealkylation sites (N-methyl/N-ethyl adjacent to an activating group) is 1. The summed E-state index contributed by atoms with van der Waals surface area (Å²) in [5.41, 5.74) is 0.943. The van der Waals surface area contributed by atoms with Crippen LogP contribution in [0.5, 0.6) is 0 Å². The summed E-state index contributed by atoms with van der Waals surface area (Å²) in [6.07, 6.45) is 2.42. The largest absolute Gasteiger partial charge is 0.355 e. The number of benzene rings is 1. The third kappa shape index (κ3) is 8.75. The van der Waals surface area contributed by atoms with E-state index in [4.69, 9.17) is 0 Å². The Labute approximate surface area is 180 Å². The molecule has 7 nitrogen and oxygen atoms in total. The Morgan fingerprint density at radius 3 is 2.67 bits per heavy atom. The van der Waals surface area contributed by atoms with Gasteiger partial charge >= 0.3 is 0 Å². The van der Waals surface area contributed by atoms with Gasteiger partial charge in [0.05, 0.1) is 5.75 Å². The Bertz CT molecular complexity index is 670. The maximum atomic E-state index is 12.1. The van der Waals surface area contributed by atoms with Crippen LogP contribution in [0.3, 0.4) is 0 Å². The Morgan fingerprint density at radius 1 is 1.26 bits per heavy atom. The van der Waals surface area contributed by atoms with Crippen LogP contribution in [0.2, 0.25) is 0 Å². The van der Waals surface area contributed by atoms with Gasteiger partial charge in [0, 0.05) is 32.7 Å². The van der Waals surface area contributed by atoms with Crippen molar-refractivity contribution < 1.29 is 8.42 Å². The summed E-state index contributed by atoms with van der Waals surface area (Å²) in [5.74, 6) is 0.650. The van der Waals surface area contributed by atoms with Gasteiger partial charge in [0.15, 0.2) is 5.96 Å². The van der Waals surface area contributed by atoms with Crippen molar-refractivity contribution in [3.8, 4) is 0 Å². The van der Waals surface area contributed by atoms with Gasteiger partial charge in [0.2, 0.25) is 10.0 Å². The topological polar surface area (TPSA) is 85.8 Å². The number of aliphatic imine (C=N–C) groups is 1. The van der Waals surface area contributed by atoms with E-state index in [9.17, 15) is 8.42 Å². The summed E-state index contributed by atoms with van der Waals surface area (Å²) in [6, 6.07) is 10.0. The molecule has 1 aliphatic rings. The molecule has 0 radical (unpaired) electrons. The van der Waals surface area contributed by atoms with E-state index >= 15 is 0 Å². The minimum Gasteiger partial charge on any atom is -0.355 e. The van der Waals surface area contributed by atoms with Gasteiger partial charge in [0.25, 0.3) is 0 Å². The Balaban J connectivity index is 0.00000364. The van der Waals surface area contributed by atoms with Crippen LogP contribution in [-0.4, -0.2) is 64.3 Å². The predicted octanol–water partition coefficient (Wildman–Crippen LogP) is 1.37. The maximum Gasteiger partial charge on any atom is 0.213 e. The molecule has 1 heterocycles. The fourth-order valence-electron chi connectivity index (χ4n) is 3.14. The normalized spacial score (nSPS) is 18.1. The van der Waals surface area contributed by atoms with Crippen LogP contribution in [0.4, 0.5) is 0 Å². The quantitative estimate of drug-likeness (QED) is 0.266. The summed E-state index contributed by atoms with van der Waals surface area (Å²) < 4.78 is 26.8. The third-order valence-corrected chi connectivity index (χ3v) is 5.96. The van der Waals surface area contributed by atoms with E-state index in [1.165, 1.54) is 12.8 Å². The van der Waals surface area contributed by atoms with Crippen molar-refractivity contribution >= 4 is 40.0 Å². The van der Waals surface area contributed by atoms with Gasteiger partial charge < -0.3 is 10.6 Å². The number of sulfonamides is 1. The summed E-state index contributed by atoms with van der Waals surface area (Å²) in [6.45, 7) is 5.84. The lowest BCUT2D eigenvalue weighted by Gasteiger charge is -2.23. The monoisotopic (exact) mass is 509 g/mol. The first-order chi connectivity index (χ1) is 12.5. The lowest BCUT2D eigenvalue weighted by Crippen LogP contribution is -2.46. The zero-order valence-electron chi connectivity index (χ0n) is 16.1. The van der Waals surface area contributed by atoms with Gasteiger partial charge in [0.1, 0.15) is 0 Å². The van der Waals surface area contributed by atoms with E-state index < -0.39 is 10.0 Å². The second-order valence-electron chi connectivity index (χ2n) is 6.43.